The van der Waals surface area contributed by atoms with Gasteiger partial charge in [-0.2, -0.15) is 0 Å². The van der Waals surface area contributed by atoms with Gasteiger partial charge in [0.15, 0.2) is 0 Å². The lowest BCUT2D eigenvalue weighted by atomic mass is 9.80. The quantitative estimate of drug-likeness (QED) is 0.874. The maximum absolute atomic E-state index is 5.96. The number of anilines is 1. The zero-order chi connectivity index (χ0) is 12.3. The second kappa shape index (κ2) is 5.50. The molecular weight excluding hydrogens is 212 g/mol. The summed E-state index contributed by atoms with van der Waals surface area (Å²) in [6.45, 7) is 5.31. The second-order valence-corrected chi connectivity index (χ2v) is 5.29. The zero-order valence-electron chi connectivity index (χ0n) is 10.7. The smallest absolute Gasteiger partial charge is 0.123 e. The minimum atomic E-state index is 0.413. The van der Waals surface area contributed by atoms with E-state index in [1.165, 1.54) is 19.3 Å². The van der Waals surface area contributed by atoms with Crippen LogP contribution in [0.2, 0.25) is 0 Å². The molecule has 0 saturated heterocycles. The van der Waals surface area contributed by atoms with Crippen LogP contribution in [0, 0.1) is 11.8 Å². The Morgan fingerprint density at radius 1 is 1.35 bits per heavy atom. The van der Waals surface area contributed by atoms with Crippen LogP contribution in [0.3, 0.4) is 0 Å². The first kappa shape index (κ1) is 12.4. The molecule has 1 fully saturated rings. The minimum Gasteiger partial charge on any atom is -0.384 e. The number of nitrogens with two attached hydrogens (primary N) is 1. The first-order valence-electron chi connectivity index (χ1n) is 6.47. The SMILES string of the molecule is CC1CCC(OCc2ccnc(N)c2)CC1C. The van der Waals surface area contributed by atoms with Crippen molar-refractivity contribution in [3.8, 4) is 0 Å². The first-order chi connectivity index (χ1) is 8.15. The van der Waals surface area contributed by atoms with Gasteiger partial charge in [0.1, 0.15) is 5.82 Å². The molecule has 17 heavy (non-hydrogen) atoms. The van der Waals surface area contributed by atoms with E-state index in [4.69, 9.17) is 10.5 Å². The molecule has 0 radical (unpaired) electrons. The number of nitrogen functional groups attached to an aromatic ring is 1. The van der Waals surface area contributed by atoms with E-state index in [1.807, 2.05) is 12.1 Å². The molecule has 1 aromatic heterocycles. The van der Waals surface area contributed by atoms with Crippen molar-refractivity contribution < 1.29 is 4.74 Å². The maximum atomic E-state index is 5.96. The zero-order valence-corrected chi connectivity index (χ0v) is 10.7. The minimum absolute atomic E-state index is 0.413. The normalized spacial score (nSPS) is 29.2. The number of nitrogens with zero attached hydrogens (tertiary/aromatic N) is 1. The van der Waals surface area contributed by atoms with Gasteiger partial charge in [-0.3, -0.25) is 0 Å². The molecule has 94 valence electrons. The van der Waals surface area contributed by atoms with Crippen LogP contribution in [0.4, 0.5) is 5.82 Å². The van der Waals surface area contributed by atoms with E-state index in [-0.39, 0.29) is 0 Å². The van der Waals surface area contributed by atoms with Crippen molar-refractivity contribution in [2.45, 2.75) is 45.8 Å². The van der Waals surface area contributed by atoms with Crippen LogP contribution >= 0.6 is 0 Å². The molecule has 3 unspecified atom stereocenters. The Bertz CT molecular complexity index is 367. The molecule has 0 spiro atoms. The van der Waals surface area contributed by atoms with Gasteiger partial charge in [-0.1, -0.05) is 13.8 Å². The monoisotopic (exact) mass is 234 g/mol. The van der Waals surface area contributed by atoms with Crippen molar-refractivity contribution in [1.29, 1.82) is 0 Å². The lowest BCUT2D eigenvalue weighted by Gasteiger charge is -2.31. The first-order valence-corrected chi connectivity index (χ1v) is 6.47. The molecule has 2 N–H and O–H groups in total. The molecule has 3 nitrogen and oxygen atoms in total. The van der Waals surface area contributed by atoms with Gasteiger partial charge in [0.25, 0.3) is 0 Å². The summed E-state index contributed by atoms with van der Waals surface area (Å²) >= 11 is 0. The average Bonchev–Trinajstić information content (AvgIpc) is 2.31. The average molecular weight is 234 g/mol. The molecule has 1 saturated carbocycles. The van der Waals surface area contributed by atoms with Crippen molar-refractivity contribution in [2.75, 3.05) is 5.73 Å². The topological polar surface area (TPSA) is 48.1 Å². The summed E-state index contributed by atoms with van der Waals surface area (Å²) in [6, 6.07) is 3.85. The molecular formula is C14H22N2O. The summed E-state index contributed by atoms with van der Waals surface area (Å²) in [4.78, 5) is 3.98. The highest BCUT2D eigenvalue weighted by Crippen LogP contribution is 2.31. The van der Waals surface area contributed by atoms with Crippen LogP contribution in [0.15, 0.2) is 18.3 Å². The molecule has 1 aromatic rings. The Kier molecular flexibility index (Phi) is 4.00. The van der Waals surface area contributed by atoms with Crippen LogP contribution in [0.1, 0.15) is 38.7 Å². The highest BCUT2D eigenvalue weighted by molar-refractivity contribution is 5.31. The van der Waals surface area contributed by atoms with Crippen molar-refractivity contribution in [2.24, 2.45) is 11.8 Å². The Balaban J connectivity index is 1.82. The summed E-state index contributed by atoms with van der Waals surface area (Å²) in [6.07, 6.45) is 5.80. The molecule has 1 aliphatic carbocycles. The second-order valence-electron chi connectivity index (χ2n) is 5.29. The van der Waals surface area contributed by atoms with Gasteiger partial charge < -0.3 is 10.5 Å². The van der Waals surface area contributed by atoms with E-state index >= 15 is 0 Å². The summed E-state index contributed by atoms with van der Waals surface area (Å²) in [5, 5.41) is 0. The van der Waals surface area contributed by atoms with E-state index in [2.05, 4.69) is 18.8 Å². The molecule has 1 heterocycles. The van der Waals surface area contributed by atoms with Crippen LogP contribution in [0.5, 0.6) is 0 Å². The predicted molar refractivity (Wildman–Crippen MR) is 69.4 cm³/mol. The molecule has 0 bridgehead atoms. The molecule has 1 aliphatic rings. The number of hydrogen-bond donors (Lipinski definition) is 1. The van der Waals surface area contributed by atoms with Crippen molar-refractivity contribution in [3.05, 3.63) is 23.9 Å². The third kappa shape index (κ3) is 3.43. The maximum Gasteiger partial charge on any atom is 0.123 e. The van der Waals surface area contributed by atoms with E-state index in [0.29, 0.717) is 18.5 Å². The van der Waals surface area contributed by atoms with Gasteiger partial charge >= 0.3 is 0 Å². The fourth-order valence-corrected chi connectivity index (χ4v) is 2.45. The van der Waals surface area contributed by atoms with Crippen LogP contribution in [-0.2, 0) is 11.3 Å². The number of pyridine rings is 1. The summed E-state index contributed by atoms with van der Waals surface area (Å²) in [5.41, 5.74) is 6.76. The lowest BCUT2D eigenvalue weighted by molar-refractivity contribution is -0.00745. The van der Waals surface area contributed by atoms with Crippen LogP contribution in [-0.4, -0.2) is 11.1 Å². The van der Waals surface area contributed by atoms with Gasteiger partial charge in [0, 0.05) is 6.20 Å². The van der Waals surface area contributed by atoms with Gasteiger partial charge in [-0.15, -0.1) is 0 Å². The van der Waals surface area contributed by atoms with E-state index in [9.17, 15) is 0 Å². The van der Waals surface area contributed by atoms with Gasteiger partial charge in [-0.05, 0) is 48.8 Å². The highest BCUT2D eigenvalue weighted by Gasteiger charge is 2.24. The van der Waals surface area contributed by atoms with Crippen molar-refractivity contribution in [1.82, 2.24) is 4.98 Å². The number of hydrogen-bond acceptors (Lipinski definition) is 3. The Morgan fingerprint density at radius 2 is 2.18 bits per heavy atom. The van der Waals surface area contributed by atoms with Crippen molar-refractivity contribution in [3.63, 3.8) is 0 Å². The third-order valence-electron chi connectivity index (χ3n) is 3.88. The Hall–Kier alpha value is -1.09. The van der Waals surface area contributed by atoms with Gasteiger partial charge in [0.2, 0.25) is 0 Å². The number of aromatic nitrogens is 1. The van der Waals surface area contributed by atoms with E-state index in [0.717, 1.165) is 17.4 Å². The van der Waals surface area contributed by atoms with E-state index in [1.54, 1.807) is 6.20 Å². The fraction of sp³-hybridized carbons (Fsp3) is 0.643. The Morgan fingerprint density at radius 3 is 2.88 bits per heavy atom. The van der Waals surface area contributed by atoms with Crippen molar-refractivity contribution >= 4 is 5.82 Å². The molecule has 0 aliphatic heterocycles. The molecule has 3 heteroatoms. The van der Waals surface area contributed by atoms with Gasteiger partial charge in [-0.25, -0.2) is 4.98 Å². The molecule has 2 rings (SSSR count). The predicted octanol–water partition coefficient (Wildman–Crippen LogP) is 3.01. The van der Waals surface area contributed by atoms with Crippen LogP contribution in [0.25, 0.3) is 0 Å². The summed E-state index contributed by atoms with van der Waals surface area (Å²) < 4.78 is 5.96. The number of rotatable bonds is 3. The summed E-state index contributed by atoms with van der Waals surface area (Å²) in [5.74, 6) is 2.18. The standard InChI is InChI=1S/C14H22N2O/c1-10-3-4-13(7-11(10)2)17-9-12-5-6-16-14(15)8-12/h5-6,8,10-11,13H,3-4,7,9H2,1-2H3,(H2,15,16). The van der Waals surface area contributed by atoms with Crippen LogP contribution < -0.4 is 5.73 Å². The number of ether oxygens (including phenoxy) is 1. The summed E-state index contributed by atoms with van der Waals surface area (Å²) in [7, 11) is 0. The fourth-order valence-electron chi connectivity index (χ4n) is 2.45. The van der Waals surface area contributed by atoms with Gasteiger partial charge in [0.05, 0.1) is 12.7 Å². The third-order valence-corrected chi connectivity index (χ3v) is 3.88. The Labute approximate surface area is 103 Å². The molecule has 0 aromatic carbocycles. The highest BCUT2D eigenvalue weighted by atomic mass is 16.5. The molecule has 3 atom stereocenters. The van der Waals surface area contributed by atoms with E-state index < -0.39 is 0 Å². The largest absolute Gasteiger partial charge is 0.384 e. The molecule has 0 amide bonds. The lowest BCUT2D eigenvalue weighted by Crippen LogP contribution is -2.26.